The number of halogens is 1. The largest absolute Gasteiger partial charge is 0.550 e. The average Bonchev–Trinajstić information content (AvgIpc) is 2.60. The first kappa shape index (κ1) is 16.9. The van der Waals surface area contributed by atoms with Crippen LogP contribution in [0, 0.1) is 0 Å². The predicted octanol–water partition coefficient (Wildman–Crippen LogP) is 2.00. The van der Waals surface area contributed by atoms with E-state index in [1.807, 2.05) is 0 Å². The van der Waals surface area contributed by atoms with E-state index in [2.05, 4.69) is 0 Å². The number of carboxylic acid groups (broad SMARTS) is 1. The molecule has 0 bridgehead atoms. The van der Waals surface area contributed by atoms with Crippen molar-refractivity contribution < 1.29 is 19.5 Å². The second kappa shape index (κ2) is 6.91. The van der Waals surface area contributed by atoms with E-state index < -0.39 is 24.2 Å². The van der Waals surface area contributed by atoms with Crippen LogP contribution in [0.5, 0.6) is 0 Å². The monoisotopic (exact) mass is 354 g/mol. The van der Waals surface area contributed by atoms with E-state index in [0.29, 0.717) is 21.7 Å². The van der Waals surface area contributed by atoms with Crippen molar-refractivity contribution in [3.63, 3.8) is 0 Å². The van der Waals surface area contributed by atoms with E-state index in [9.17, 15) is 19.5 Å². The van der Waals surface area contributed by atoms with Gasteiger partial charge in [-0.05, 0) is 35.4 Å². The lowest BCUT2D eigenvalue weighted by Crippen LogP contribution is -2.43. The normalized spacial score (nSPS) is 15.4. The van der Waals surface area contributed by atoms with Gasteiger partial charge in [0.2, 0.25) is 0 Å². The number of rotatable bonds is 4. The van der Waals surface area contributed by atoms with Gasteiger partial charge < -0.3 is 9.90 Å². The summed E-state index contributed by atoms with van der Waals surface area (Å²) < 4.78 is 0. The van der Waals surface area contributed by atoms with Gasteiger partial charge in [0.15, 0.2) is 0 Å². The fourth-order valence-corrected chi connectivity index (χ4v) is 2.80. The maximum atomic E-state index is 12.8. The minimum atomic E-state index is -1.32. The van der Waals surface area contributed by atoms with Gasteiger partial charge in [-0.3, -0.25) is 14.5 Å². The molecule has 1 aliphatic rings. The summed E-state index contributed by atoms with van der Waals surface area (Å²) in [5, 5.41) is 11.3. The Hall–Kier alpha value is -2.92. The van der Waals surface area contributed by atoms with Crippen molar-refractivity contribution in [2.24, 2.45) is 0 Å². The second-order valence-corrected chi connectivity index (χ2v) is 5.98. The van der Waals surface area contributed by atoms with Gasteiger partial charge in [0, 0.05) is 35.1 Å². The van der Waals surface area contributed by atoms with Gasteiger partial charge in [-0.15, -0.1) is 0 Å². The standard InChI is InChI=1S/C19H14ClNO4/c20-13-7-5-12(6-8-13)11-16-14-3-1-2-4-15(14)18(24)21(19(16)25)10-9-17(22)23/h1-8,11H,9-10H2,(H,22,23)/p-1/b16-11-. The van der Waals surface area contributed by atoms with Gasteiger partial charge in [0.1, 0.15) is 0 Å². The Morgan fingerprint density at radius 2 is 1.64 bits per heavy atom. The summed E-state index contributed by atoms with van der Waals surface area (Å²) in [6.07, 6.45) is 1.25. The molecule has 2 aromatic rings. The summed E-state index contributed by atoms with van der Waals surface area (Å²) in [6.45, 7) is -0.230. The van der Waals surface area contributed by atoms with Crippen molar-refractivity contribution in [2.75, 3.05) is 6.54 Å². The molecule has 0 saturated heterocycles. The Kier molecular flexibility index (Phi) is 4.67. The SMILES string of the molecule is O=C([O-])CCN1C(=O)/C(=C\c2ccc(Cl)cc2)c2ccccc2C1=O. The molecular formula is C19H13ClNO4-. The van der Waals surface area contributed by atoms with Crippen LogP contribution < -0.4 is 5.11 Å². The number of imide groups is 1. The molecule has 0 unspecified atom stereocenters. The number of nitrogens with zero attached hydrogens (tertiary/aromatic N) is 1. The molecule has 0 N–H and O–H groups in total. The smallest absolute Gasteiger partial charge is 0.261 e. The lowest BCUT2D eigenvalue weighted by atomic mass is 9.92. The van der Waals surface area contributed by atoms with Crippen molar-refractivity contribution in [1.29, 1.82) is 0 Å². The van der Waals surface area contributed by atoms with Crippen LogP contribution in [0.2, 0.25) is 5.02 Å². The topological polar surface area (TPSA) is 77.5 Å². The lowest BCUT2D eigenvalue weighted by Gasteiger charge is -2.28. The van der Waals surface area contributed by atoms with E-state index in [1.165, 1.54) is 0 Å². The molecule has 126 valence electrons. The van der Waals surface area contributed by atoms with E-state index >= 15 is 0 Å². The average molecular weight is 355 g/mol. The fourth-order valence-electron chi connectivity index (χ4n) is 2.67. The molecule has 0 aromatic heterocycles. The molecule has 6 heteroatoms. The van der Waals surface area contributed by atoms with Gasteiger partial charge in [-0.1, -0.05) is 41.9 Å². The zero-order valence-corrected chi connectivity index (χ0v) is 13.8. The highest BCUT2D eigenvalue weighted by molar-refractivity contribution is 6.34. The number of hydrogen-bond acceptors (Lipinski definition) is 4. The zero-order chi connectivity index (χ0) is 18.0. The van der Waals surface area contributed by atoms with Crippen LogP contribution >= 0.6 is 11.6 Å². The van der Waals surface area contributed by atoms with Crippen LogP contribution in [0.25, 0.3) is 11.6 Å². The van der Waals surface area contributed by atoms with Crippen molar-refractivity contribution in [3.8, 4) is 0 Å². The lowest BCUT2D eigenvalue weighted by molar-refractivity contribution is -0.305. The third-order valence-corrected chi connectivity index (χ3v) is 4.14. The van der Waals surface area contributed by atoms with Crippen molar-refractivity contribution in [3.05, 3.63) is 70.2 Å². The molecule has 1 aliphatic heterocycles. The van der Waals surface area contributed by atoms with Crippen LogP contribution in [0.4, 0.5) is 0 Å². The summed E-state index contributed by atoms with van der Waals surface area (Å²) in [4.78, 5) is 37.0. The van der Waals surface area contributed by atoms with Gasteiger partial charge >= 0.3 is 0 Å². The van der Waals surface area contributed by atoms with Crippen molar-refractivity contribution in [1.82, 2.24) is 4.90 Å². The molecular weight excluding hydrogens is 342 g/mol. The summed E-state index contributed by atoms with van der Waals surface area (Å²) >= 11 is 5.88. The van der Waals surface area contributed by atoms with Crippen molar-refractivity contribution in [2.45, 2.75) is 6.42 Å². The summed E-state index contributed by atoms with van der Waals surface area (Å²) in [6, 6.07) is 13.7. The number of carboxylic acids is 1. The molecule has 2 amide bonds. The quantitative estimate of drug-likeness (QED) is 0.621. The third kappa shape index (κ3) is 3.46. The Morgan fingerprint density at radius 3 is 2.28 bits per heavy atom. The number of amides is 2. The third-order valence-electron chi connectivity index (χ3n) is 3.89. The van der Waals surface area contributed by atoms with E-state index in [-0.39, 0.29) is 6.54 Å². The summed E-state index contributed by atoms with van der Waals surface area (Å²) in [5.74, 6) is -2.35. The maximum Gasteiger partial charge on any atom is 0.261 e. The number of carbonyl (C=O) groups is 3. The molecule has 0 atom stereocenters. The van der Waals surface area contributed by atoms with Gasteiger partial charge in [0.25, 0.3) is 11.8 Å². The number of benzene rings is 2. The van der Waals surface area contributed by atoms with Crippen molar-refractivity contribution >= 4 is 41.0 Å². The first-order valence-electron chi connectivity index (χ1n) is 7.60. The minimum absolute atomic E-state index is 0.230. The fraction of sp³-hybridized carbons (Fsp3) is 0.105. The molecule has 0 radical (unpaired) electrons. The van der Waals surface area contributed by atoms with Crippen LogP contribution in [0.3, 0.4) is 0 Å². The van der Waals surface area contributed by atoms with E-state index in [1.54, 1.807) is 54.6 Å². The van der Waals surface area contributed by atoms with Crippen LogP contribution in [0.15, 0.2) is 48.5 Å². The second-order valence-electron chi connectivity index (χ2n) is 5.54. The predicted molar refractivity (Wildman–Crippen MR) is 91.4 cm³/mol. The van der Waals surface area contributed by atoms with Gasteiger partial charge in [0.05, 0.1) is 0 Å². The van der Waals surface area contributed by atoms with Gasteiger partial charge in [-0.25, -0.2) is 0 Å². The first-order valence-corrected chi connectivity index (χ1v) is 7.98. The van der Waals surface area contributed by atoms with Crippen LogP contribution in [-0.4, -0.2) is 29.2 Å². The maximum absolute atomic E-state index is 12.8. The molecule has 25 heavy (non-hydrogen) atoms. The van der Waals surface area contributed by atoms with E-state index in [0.717, 1.165) is 10.5 Å². The molecule has 3 rings (SSSR count). The van der Waals surface area contributed by atoms with E-state index in [4.69, 9.17) is 11.6 Å². The first-order chi connectivity index (χ1) is 12.0. The Bertz CT molecular complexity index is 887. The highest BCUT2D eigenvalue weighted by atomic mass is 35.5. The van der Waals surface area contributed by atoms with Crippen LogP contribution in [0.1, 0.15) is 27.9 Å². The summed E-state index contributed by atoms with van der Waals surface area (Å²) in [7, 11) is 0. The number of hydrogen-bond donors (Lipinski definition) is 0. The Morgan fingerprint density at radius 1 is 1.00 bits per heavy atom. The Labute approximate surface area is 149 Å². The van der Waals surface area contributed by atoms with Gasteiger partial charge in [-0.2, -0.15) is 0 Å². The molecule has 0 spiro atoms. The molecule has 1 heterocycles. The van der Waals surface area contributed by atoms with Crippen LogP contribution in [-0.2, 0) is 9.59 Å². The molecule has 0 saturated carbocycles. The highest BCUT2D eigenvalue weighted by Gasteiger charge is 2.34. The number of fused-ring (bicyclic) bond motifs is 1. The molecule has 5 nitrogen and oxygen atoms in total. The molecule has 0 fully saturated rings. The Balaban J connectivity index is 2.07. The highest BCUT2D eigenvalue weighted by Crippen LogP contribution is 2.30. The minimum Gasteiger partial charge on any atom is -0.550 e. The molecule has 2 aromatic carbocycles. The zero-order valence-electron chi connectivity index (χ0n) is 13.1. The number of aliphatic carboxylic acids is 1. The summed E-state index contributed by atoms with van der Waals surface area (Å²) in [5.41, 5.74) is 1.96. The molecule has 0 aliphatic carbocycles. The number of carbonyl (C=O) groups excluding carboxylic acids is 3.